The van der Waals surface area contributed by atoms with Gasteiger partial charge in [-0.05, 0) is 66.1 Å². The number of methoxy groups -OCH3 is 2. The second-order valence-electron chi connectivity index (χ2n) is 6.80. The molecular formula is C24H25Cl2NO3. The Morgan fingerprint density at radius 3 is 2.13 bits per heavy atom. The van der Waals surface area contributed by atoms with Crippen LogP contribution in [0.15, 0.2) is 60.7 Å². The van der Waals surface area contributed by atoms with E-state index < -0.39 is 0 Å². The number of halogens is 2. The van der Waals surface area contributed by atoms with Crippen LogP contribution < -0.4 is 19.5 Å². The van der Waals surface area contributed by atoms with Gasteiger partial charge in [0.2, 0.25) is 0 Å². The lowest BCUT2D eigenvalue weighted by molar-refractivity contribution is 0.306. The molecule has 0 aliphatic carbocycles. The molecule has 6 heteroatoms. The quantitative estimate of drug-likeness (QED) is 0.393. The summed E-state index contributed by atoms with van der Waals surface area (Å²) in [7, 11) is 3.29. The summed E-state index contributed by atoms with van der Waals surface area (Å²) in [6.45, 7) is 2.10. The van der Waals surface area contributed by atoms with Crippen LogP contribution in [0.5, 0.6) is 17.2 Å². The molecule has 0 saturated carbocycles. The number of rotatable bonds is 10. The first-order valence-corrected chi connectivity index (χ1v) is 10.4. The van der Waals surface area contributed by atoms with E-state index in [9.17, 15) is 0 Å². The average Bonchev–Trinajstić information content (AvgIpc) is 2.78. The fraction of sp³-hybridized carbons (Fsp3) is 0.250. The smallest absolute Gasteiger partial charge is 0.160 e. The van der Waals surface area contributed by atoms with Crippen molar-refractivity contribution in [1.29, 1.82) is 0 Å². The van der Waals surface area contributed by atoms with E-state index in [1.165, 1.54) is 11.1 Å². The minimum absolute atomic E-state index is 0.444. The van der Waals surface area contributed by atoms with Gasteiger partial charge < -0.3 is 19.5 Å². The zero-order valence-electron chi connectivity index (χ0n) is 17.1. The third-order valence-corrected chi connectivity index (χ3v) is 5.42. The first-order chi connectivity index (χ1) is 14.6. The molecule has 0 spiro atoms. The molecule has 30 heavy (non-hydrogen) atoms. The van der Waals surface area contributed by atoms with Crippen molar-refractivity contribution in [3.8, 4) is 17.2 Å². The summed E-state index contributed by atoms with van der Waals surface area (Å²) >= 11 is 12.0. The van der Waals surface area contributed by atoms with Crippen molar-refractivity contribution in [2.45, 2.75) is 19.6 Å². The number of nitrogens with one attached hydrogen (secondary N) is 1. The molecule has 0 saturated heterocycles. The number of hydrogen-bond donors (Lipinski definition) is 1. The second kappa shape index (κ2) is 11.1. The van der Waals surface area contributed by atoms with Gasteiger partial charge in [-0.15, -0.1) is 0 Å². The van der Waals surface area contributed by atoms with Crippen LogP contribution >= 0.6 is 23.2 Å². The predicted octanol–water partition coefficient (Wildman–Crippen LogP) is 5.92. The third kappa shape index (κ3) is 6.30. The first-order valence-electron chi connectivity index (χ1n) is 9.66. The minimum Gasteiger partial charge on any atom is -0.493 e. The lowest BCUT2D eigenvalue weighted by atomic mass is 10.1. The molecule has 0 bridgehead atoms. The lowest BCUT2D eigenvalue weighted by Crippen LogP contribution is -2.16. The van der Waals surface area contributed by atoms with Crippen molar-refractivity contribution >= 4 is 23.2 Å². The highest BCUT2D eigenvalue weighted by Gasteiger charge is 2.05. The summed E-state index contributed by atoms with van der Waals surface area (Å²) in [6, 6.07) is 19.6. The molecule has 0 amide bonds. The maximum atomic E-state index is 6.04. The van der Waals surface area contributed by atoms with Gasteiger partial charge in [0.1, 0.15) is 12.4 Å². The SMILES string of the molecule is COc1ccc(CCNCc2ccc(OCc3ccc(Cl)c(Cl)c3)cc2)cc1OC. The molecule has 0 fully saturated rings. The first kappa shape index (κ1) is 22.3. The van der Waals surface area contributed by atoms with Gasteiger partial charge in [0.25, 0.3) is 0 Å². The fourth-order valence-corrected chi connectivity index (χ4v) is 3.32. The van der Waals surface area contributed by atoms with E-state index in [1.807, 2.05) is 36.4 Å². The largest absolute Gasteiger partial charge is 0.493 e. The van der Waals surface area contributed by atoms with Crippen molar-refractivity contribution in [3.05, 3.63) is 87.4 Å². The molecule has 0 unspecified atom stereocenters. The van der Waals surface area contributed by atoms with Gasteiger partial charge in [0.05, 0.1) is 24.3 Å². The summed E-state index contributed by atoms with van der Waals surface area (Å²) in [5, 5.41) is 4.54. The van der Waals surface area contributed by atoms with E-state index in [4.69, 9.17) is 37.4 Å². The Balaban J connectivity index is 1.43. The Hall–Kier alpha value is -2.40. The molecule has 0 radical (unpaired) electrons. The minimum atomic E-state index is 0.444. The molecule has 0 aliphatic rings. The molecular weight excluding hydrogens is 421 g/mol. The van der Waals surface area contributed by atoms with Gasteiger partial charge in [-0.1, -0.05) is 47.5 Å². The Labute approximate surface area is 187 Å². The molecule has 3 aromatic carbocycles. The Kier molecular flexibility index (Phi) is 8.26. The van der Waals surface area contributed by atoms with Crippen LogP contribution in [0.3, 0.4) is 0 Å². The summed E-state index contributed by atoms with van der Waals surface area (Å²) in [5.41, 5.74) is 3.38. The Morgan fingerprint density at radius 2 is 1.43 bits per heavy atom. The predicted molar refractivity (Wildman–Crippen MR) is 122 cm³/mol. The zero-order valence-corrected chi connectivity index (χ0v) is 18.6. The summed E-state index contributed by atoms with van der Waals surface area (Å²) in [5.74, 6) is 2.32. The van der Waals surface area contributed by atoms with Gasteiger partial charge in [-0.2, -0.15) is 0 Å². The molecule has 0 aliphatic heterocycles. The van der Waals surface area contributed by atoms with Crippen molar-refractivity contribution in [2.75, 3.05) is 20.8 Å². The molecule has 0 heterocycles. The van der Waals surface area contributed by atoms with Crippen LogP contribution in [0.2, 0.25) is 10.0 Å². The fourth-order valence-electron chi connectivity index (χ4n) is 3.00. The monoisotopic (exact) mass is 445 g/mol. The van der Waals surface area contributed by atoms with Crippen molar-refractivity contribution < 1.29 is 14.2 Å². The maximum absolute atomic E-state index is 6.04. The highest BCUT2D eigenvalue weighted by atomic mass is 35.5. The van der Waals surface area contributed by atoms with Crippen LogP contribution in [0, 0.1) is 0 Å². The van der Waals surface area contributed by atoms with Crippen LogP contribution in [0.4, 0.5) is 0 Å². The molecule has 158 valence electrons. The highest BCUT2D eigenvalue weighted by molar-refractivity contribution is 6.42. The topological polar surface area (TPSA) is 39.7 Å². The van der Waals surface area contributed by atoms with Crippen molar-refractivity contribution in [1.82, 2.24) is 5.32 Å². The van der Waals surface area contributed by atoms with Crippen LogP contribution in [0.25, 0.3) is 0 Å². The summed E-state index contributed by atoms with van der Waals surface area (Å²) < 4.78 is 16.4. The van der Waals surface area contributed by atoms with E-state index in [1.54, 1.807) is 20.3 Å². The van der Waals surface area contributed by atoms with E-state index in [2.05, 4.69) is 23.5 Å². The third-order valence-electron chi connectivity index (χ3n) is 4.68. The highest BCUT2D eigenvalue weighted by Crippen LogP contribution is 2.27. The number of benzene rings is 3. The molecule has 0 atom stereocenters. The molecule has 1 N–H and O–H groups in total. The normalized spacial score (nSPS) is 10.7. The standard InChI is InChI=1S/C24H25Cl2NO3/c1-28-23-10-6-17(14-24(23)29-2)11-12-27-15-18-3-7-20(8-4-18)30-16-19-5-9-21(25)22(26)13-19/h3-10,13-14,27H,11-12,15-16H2,1-2H3. The van der Waals surface area contributed by atoms with Crippen LogP contribution in [-0.2, 0) is 19.6 Å². The van der Waals surface area contributed by atoms with Crippen LogP contribution in [0.1, 0.15) is 16.7 Å². The Bertz CT molecular complexity index is 961. The molecule has 4 nitrogen and oxygen atoms in total. The van der Waals surface area contributed by atoms with E-state index in [-0.39, 0.29) is 0 Å². The molecule has 3 rings (SSSR count). The maximum Gasteiger partial charge on any atom is 0.160 e. The van der Waals surface area contributed by atoms with Gasteiger partial charge in [0.15, 0.2) is 11.5 Å². The number of hydrogen-bond acceptors (Lipinski definition) is 4. The van der Waals surface area contributed by atoms with Gasteiger partial charge >= 0.3 is 0 Å². The van der Waals surface area contributed by atoms with E-state index >= 15 is 0 Å². The molecule has 3 aromatic rings. The second-order valence-corrected chi connectivity index (χ2v) is 7.61. The zero-order chi connectivity index (χ0) is 21.3. The summed E-state index contributed by atoms with van der Waals surface area (Å²) in [4.78, 5) is 0. The van der Waals surface area contributed by atoms with Crippen LogP contribution in [-0.4, -0.2) is 20.8 Å². The van der Waals surface area contributed by atoms with Gasteiger partial charge in [-0.25, -0.2) is 0 Å². The van der Waals surface area contributed by atoms with E-state index in [0.29, 0.717) is 16.7 Å². The molecule has 0 aromatic heterocycles. The lowest BCUT2D eigenvalue weighted by Gasteiger charge is -2.11. The number of ether oxygens (including phenoxy) is 3. The van der Waals surface area contributed by atoms with E-state index in [0.717, 1.165) is 42.3 Å². The average molecular weight is 446 g/mol. The Morgan fingerprint density at radius 1 is 0.733 bits per heavy atom. The van der Waals surface area contributed by atoms with Gasteiger partial charge in [-0.3, -0.25) is 0 Å². The summed E-state index contributed by atoms with van der Waals surface area (Å²) in [6.07, 6.45) is 0.908. The van der Waals surface area contributed by atoms with Gasteiger partial charge in [0, 0.05) is 6.54 Å². The van der Waals surface area contributed by atoms with Crippen molar-refractivity contribution in [3.63, 3.8) is 0 Å². The van der Waals surface area contributed by atoms with Crippen molar-refractivity contribution in [2.24, 2.45) is 0 Å².